The zero-order valence-corrected chi connectivity index (χ0v) is 19.9. The Kier molecular flexibility index (Phi) is 6.66. The number of anilines is 1. The lowest BCUT2D eigenvalue weighted by Crippen LogP contribution is -2.57. The van der Waals surface area contributed by atoms with Crippen molar-refractivity contribution in [3.05, 3.63) is 91.9 Å². The van der Waals surface area contributed by atoms with Crippen molar-refractivity contribution in [2.75, 3.05) is 18.0 Å². The minimum absolute atomic E-state index is 0.107. The number of nitriles is 1. The van der Waals surface area contributed by atoms with Gasteiger partial charge >= 0.3 is 0 Å². The van der Waals surface area contributed by atoms with E-state index in [9.17, 15) is 23.2 Å². The fraction of sp³-hybridized carbons (Fsp3) is 0.269. The van der Waals surface area contributed by atoms with Gasteiger partial charge in [-0.3, -0.25) is 14.4 Å². The highest BCUT2D eigenvalue weighted by molar-refractivity contribution is 6.02. The Bertz CT molecular complexity index is 1480. The first-order valence-electron chi connectivity index (χ1n) is 11.2. The van der Waals surface area contributed by atoms with Gasteiger partial charge in [0.25, 0.3) is 11.5 Å². The molecule has 1 fully saturated rings. The molecule has 1 aliphatic heterocycles. The number of hydrogen-bond donors (Lipinski definition) is 1. The molecule has 2 amide bonds. The molecule has 0 radical (unpaired) electrons. The first kappa shape index (κ1) is 24.7. The number of carbonyl (C=O) groups is 2. The largest absolute Gasteiger partial charge is 0.327 e. The van der Waals surface area contributed by atoms with Gasteiger partial charge in [0, 0.05) is 24.2 Å². The van der Waals surface area contributed by atoms with Gasteiger partial charge in [0.1, 0.15) is 24.2 Å². The molecule has 2 heterocycles. The van der Waals surface area contributed by atoms with Crippen molar-refractivity contribution < 1.29 is 18.4 Å². The Balaban J connectivity index is 1.56. The van der Waals surface area contributed by atoms with E-state index in [1.165, 1.54) is 34.1 Å². The lowest BCUT2D eigenvalue weighted by molar-refractivity contribution is -0.121. The number of H-pyrrole nitrogens is 1. The molecule has 1 saturated heterocycles. The van der Waals surface area contributed by atoms with E-state index in [1.54, 1.807) is 32.9 Å². The summed E-state index contributed by atoms with van der Waals surface area (Å²) in [5.74, 6) is -2.55. The van der Waals surface area contributed by atoms with Crippen molar-refractivity contribution in [1.82, 2.24) is 15.1 Å². The quantitative estimate of drug-likeness (QED) is 0.603. The molecule has 1 aromatic heterocycles. The van der Waals surface area contributed by atoms with Crippen LogP contribution in [0.1, 0.15) is 45.2 Å². The minimum Gasteiger partial charge on any atom is -0.327 e. The number of aromatic nitrogens is 2. The Hall–Kier alpha value is -4.39. The molecular formula is C26H23F2N5O3. The molecule has 1 atom stereocenters. The van der Waals surface area contributed by atoms with Crippen LogP contribution in [0.2, 0.25) is 0 Å². The summed E-state index contributed by atoms with van der Waals surface area (Å²) in [4.78, 5) is 40.5. The van der Waals surface area contributed by atoms with E-state index in [4.69, 9.17) is 5.26 Å². The second-order valence-corrected chi connectivity index (χ2v) is 8.81. The fourth-order valence-electron chi connectivity index (χ4n) is 4.30. The maximum absolute atomic E-state index is 14.7. The van der Waals surface area contributed by atoms with Crippen molar-refractivity contribution in [2.45, 2.75) is 33.2 Å². The summed E-state index contributed by atoms with van der Waals surface area (Å²) in [6, 6.07) is 9.27. The maximum Gasteiger partial charge on any atom is 0.267 e. The van der Waals surface area contributed by atoms with Crippen LogP contribution in [0, 0.1) is 36.8 Å². The number of nitrogens with zero attached hydrogens (tertiary/aromatic N) is 4. The average Bonchev–Trinajstić information content (AvgIpc) is 2.84. The van der Waals surface area contributed by atoms with Crippen LogP contribution in [0.3, 0.4) is 0 Å². The number of rotatable bonds is 4. The molecule has 8 nitrogen and oxygen atoms in total. The molecule has 0 aliphatic carbocycles. The van der Waals surface area contributed by atoms with Gasteiger partial charge in [-0.15, -0.1) is 0 Å². The molecule has 184 valence electrons. The number of amides is 2. The highest BCUT2D eigenvalue weighted by atomic mass is 19.1. The normalized spacial score (nSPS) is 15.7. The van der Waals surface area contributed by atoms with Gasteiger partial charge in [0.15, 0.2) is 0 Å². The molecule has 2 aromatic carbocycles. The topological polar surface area (TPSA) is 110 Å². The van der Waals surface area contributed by atoms with Crippen molar-refractivity contribution in [2.24, 2.45) is 0 Å². The monoisotopic (exact) mass is 491 g/mol. The molecule has 0 spiro atoms. The lowest BCUT2D eigenvalue weighted by Gasteiger charge is -2.39. The van der Waals surface area contributed by atoms with Gasteiger partial charge in [-0.1, -0.05) is 6.07 Å². The van der Waals surface area contributed by atoms with Gasteiger partial charge < -0.3 is 9.80 Å². The van der Waals surface area contributed by atoms with Crippen molar-refractivity contribution in [1.29, 1.82) is 5.26 Å². The van der Waals surface area contributed by atoms with Crippen molar-refractivity contribution in [3.63, 3.8) is 0 Å². The average molecular weight is 491 g/mol. The third-order valence-electron chi connectivity index (χ3n) is 6.42. The Morgan fingerprint density at radius 1 is 1.14 bits per heavy atom. The van der Waals surface area contributed by atoms with Crippen LogP contribution in [0.4, 0.5) is 14.5 Å². The van der Waals surface area contributed by atoms with Crippen LogP contribution in [-0.2, 0) is 11.2 Å². The number of benzene rings is 2. The van der Waals surface area contributed by atoms with Crippen LogP contribution in [0.25, 0.3) is 0 Å². The summed E-state index contributed by atoms with van der Waals surface area (Å²) >= 11 is 0. The van der Waals surface area contributed by atoms with E-state index in [2.05, 4.69) is 10.2 Å². The minimum atomic E-state index is -0.741. The highest BCUT2D eigenvalue weighted by Crippen LogP contribution is 2.25. The third kappa shape index (κ3) is 4.60. The summed E-state index contributed by atoms with van der Waals surface area (Å²) in [7, 11) is 0. The van der Waals surface area contributed by atoms with Crippen molar-refractivity contribution >= 4 is 17.5 Å². The Labute approximate surface area is 205 Å². The van der Waals surface area contributed by atoms with E-state index in [0.717, 1.165) is 6.07 Å². The zero-order chi connectivity index (χ0) is 26.1. The molecule has 1 aliphatic rings. The van der Waals surface area contributed by atoms with Crippen LogP contribution in [0.5, 0.6) is 0 Å². The van der Waals surface area contributed by atoms with Gasteiger partial charge in [-0.05, 0) is 62.2 Å². The molecule has 0 bridgehead atoms. The van der Waals surface area contributed by atoms with E-state index in [-0.39, 0.29) is 41.9 Å². The van der Waals surface area contributed by atoms with Gasteiger partial charge in [0.05, 0.1) is 22.9 Å². The fourth-order valence-corrected chi connectivity index (χ4v) is 4.30. The van der Waals surface area contributed by atoms with Crippen LogP contribution in [-0.4, -0.2) is 46.0 Å². The number of hydrogen-bond acceptors (Lipinski definition) is 5. The third-order valence-corrected chi connectivity index (χ3v) is 6.42. The van der Waals surface area contributed by atoms with Gasteiger partial charge in [0.2, 0.25) is 5.91 Å². The highest BCUT2D eigenvalue weighted by Gasteiger charge is 2.34. The van der Waals surface area contributed by atoms with Crippen molar-refractivity contribution in [3.8, 4) is 6.07 Å². The number of piperazine rings is 1. The first-order valence-corrected chi connectivity index (χ1v) is 11.2. The van der Waals surface area contributed by atoms with E-state index >= 15 is 0 Å². The summed E-state index contributed by atoms with van der Waals surface area (Å²) < 4.78 is 28.8. The van der Waals surface area contributed by atoms with Crippen LogP contribution < -0.4 is 10.5 Å². The maximum atomic E-state index is 14.7. The van der Waals surface area contributed by atoms with E-state index < -0.39 is 29.5 Å². The summed E-state index contributed by atoms with van der Waals surface area (Å²) in [6.45, 7) is 4.95. The standard InChI is InChI=1S/C26H23F2N5O3/c1-14-12-32(13-24(34)33(14)19-6-5-18(11-29)22(28)10-19)26(36)20-8-17(4-7-21(20)27)9-23-15(2)16(3)25(35)31-30-23/h4-8,10,14H,9,12-13H2,1-3H3,(H,31,35). The van der Waals surface area contributed by atoms with Gasteiger partial charge in [-0.25, -0.2) is 13.9 Å². The lowest BCUT2D eigenvalue weighted by atomic mass is 10.0. The molecule has 3 aromatic rings. The second-order valence-electron chi connectivity index (χ2n) is 8.81. The number of halogens is 2. The number of aromatic amines is 1. The molecule has 1 unspecified atom stereocenters. The molecule has 0 saturated carbocycles. The Morgan fingerprint density at radius 3 is 2.56 bits per heavy atom. The molecule has 1 N–H and O–H groups in total. The number of nitrogens with one attached hydrogen (secondary N) is 1. The summed E-state index contributed by atoms with van der Waals surface area (Å²) in [5, 5.41) is 15.4. The number of carbonyl (C=O) groups excluding carboxylic acids is 2. The zero-order valence-electron chi connectivity index (χ0n) is 19.9. The SMILES string of the molecule is Cc1c(Cc2ccc(F)c(C(=O)N3CC(=O)N(c4ccc(C#N)c(F)c4)C(C)C3)c2)n[nH]c(=O)c1C. The molecular weight excluding hydrogens is 468 g/mol. The van der Waals surface area contributed by atoms with Gasteiger partial charge in [-0.2, -0.15) is 10.4 Å². The van der Waals surface area contributed by atoms with Crippen LogP contribution in [0.15, 0.2) is 41.2 Å². The predicted octanol–water partition coefficient (Wildman–Crippen LogP) is 3.00. The van der Waals surface area contributed by atoms with E-state index in [1.807, 2.05) is 0 Å². The summed E-state index contributed by atoms with van der Waals surface area (Å²) in [6.07, 6.45) is 0.275. The summed E-state index contributed by atoms with van der Waals surface area (Å²) in [5.41, 5.74) is 2.15. The predicted molar refractivity (Wildman–Crippen MR) is 128 cm³/mol. The molecule has 36 heavy (non-hydrogen) atoms. The molecule has 4 rings (SSSR count). The Morgan fingerprint density at radius 2 is 1.89 bits per heavy atom. The molecule has 10 heteroatoms. The second kappa shape index (κ2) is 9.70. The first-order chi connectivity index (χ1) is 17.1. The smallest absolute Gasteiger partial charge is 0.267 e. The van der Waals surface area contributed by atoms with Crippen LogP contribution >= 0.6 is 0 Å². The van der Waals surface area contributed by atoms with E-state index in [0.29, 0.717) is 22.4 Å².